The van der Waals surface area contributed by atoms with Crippen molar-refractivity contribution in [3.8, 4) is 0 Å². The molecule has 1 aliphatic heterocycles. The molecule has 0 aromatic rings. The lowest BCUT2D eigenvalue weighted by atomic mass is 9.91. The number of hydrogen-bond donors (Lipinski definition) is 1. The lowest BCUT2D eigenvalue weighted by molar-refractivity contribution is 0.0348. The largest absolute Gasteiger partial charge is 0.329 e. The third kappa shape index (κ3) is 3.96. The lowest BCUT2D eigenvalue weighted by Gasteiger charge is -2.46. The summed E-state index contributed by atoms with van der Waals surface area (Å²) in [5, 5.41) is 0. The van der Waals surface area contributed by atoms with E-state index in [9.17, 15) is 0 Å². The van der Waals surface area contributed by atoms with Gasteiger partial charge in [0.05, 0.1) is 0 Å². The first kappa shape index (κ1) is 17.9. The van der Waals surface area contributed by atoms with Gasteiger partial charge in [0, 0.05) is 43.8 Å². The monoisotopic (exact) mass is 283 g/mol. The maximum atomic E-state index is 6.29. The van der Waals surface area contributed by atoms with E-state index in [0.29, 0.717) is 18.0 Å². The number of nitrogens with zero attached hydrogens (tertiary/aromatic N) is 2. The van der Waals surface area contributed by atoms with Crippen LogP contribution in [0.25, 0.3) is 0 Å². The average Bonchev–Trinajstić information content (AvgIpc) is 2.84. The standard InChI is InChI=1S/C17H37N3/c1-7-16(8-2)20(11-14(3)4)17(12-18)9-10-19(13-17)15(5)6/h14-16H,7-13,18H2,1-6H3. The van der Waals surface area contributed by atoms with Gasteiger partial charge in [0.2, 0.25) is 0 Å². The van der Waals surface area contributed by atoms with E-state index < -0.39 is 0 Å². The van der Waals surface area contributed by atoms with Crippen LogP contribution in [0.5, 0.6) is 0 Å². The zero-order chi connectivity index (χ0) is 15.3. The van der Waals surface area contributed by atoms with Crippen molar-refractivity contribution in [1.82, 2.24) is 9.80 Å². The molecule has 1 rings (SSSR count). The van der Waals surface area contributed by atoms with Crippen molar-refractivity contribution >= 4 is 0 Å². The molecule has 3 nitrogen and oxygen atoms in total. The van der Waals surface area contributed by atoms with E-state index in [0.717, 1.165) is 13.1 Å². The van der Waals surface area contributed by atoms with Gasteiger partial charge in [0.15, 0.2) is 0 Å². The Hall–Kier alpha value is -0.120. The number of likely N-dealkylation sites (tertiary alicyclic amines) is 1. The topological polar surface area (TPSA) is 32.5 Å². The quantitative estimate of drug-likeness (QED) is 0.743. The lowest BCUT2D eigenvalue weighted by Crippen LogP contribution is -2.60. The van der Waals surface area contributed by atoms with E-state index in [1.807, 2.05) is 0 Å². The summed E-state index contributed by atoms with van der Waals surface area (Å²) in [5.41, 5.74) is 6.49. The van der Waals surface area contributed by atoms with Gasteiger partial charge in [-0.1, -0.05) is 27.7 Å². The molecule has 0 spiro atoms. The minimum absolute atomic E-state index is 0.200. The predicted molar refractivity (Wildman–Crippen MR) is 89.0 cm³/mol. The fourth-order valence-electron chi connectivity index (χ4n) is 3.70. The van der Waals surface area contributed by atoms with E-state index >= 15 is 0 Å². The van der Waals surface area contributed by atoms with Crippen molar-refractivity contribution in [2.45, 2.75) is 78.4 Å². The maximum Gasteiger partial charge on any atom is 0.0473 e. The Labute approximate surface area is 126 Å². The van der Waals surface area contributed by atoms with Gasteiger partial charge in [-0.2, -0.15) is 0 Å². The Bertz CT molecular complexity index is 273. The second kappa shape index (κ2) is 7.77. The first-order valence-electron chi connectivity index (χ1n) is 8.61. The van der Waals surface area contributed by atoms with Crippen molar-refractivity contribution in [1.29, 1.82) is 0 Å². The maximum absolute atomic E-state index is 6.29. The number of rotatable bonds is 8. The molecule has 0 aliphatic carbocycles. The van der Waals surface area contributed by atoms with Crippen LogP contribution in [-0.4, -0.2) is 53.6 Å². The molecule has 1 fully saturated rings. The van der Waals surface area contributed by atoms with Gasteiger partial charge in [0.1, 0.15) is 0 Å². The molecule has 1 aliphatic rings. The molecule has 1 atom stereocenters. The van der Waals surface area contributed by atoms with Crippen LogP contribution in [0.15, 0.2) is 0 Å². The van der Waals surface area contributed by atoms with Gasteiger partial charge in [-0.15, -0.1) is 0 Å². The summed E-state index contributed by atoms with van der Waals surface area (Å²) in [6, 6.07) is 1.30. The molecule has 20 heavy (non-hydrogen) atoms. The van der Waals surface area contributed by atoms with E-state index in [1.165, 1.54) is 32.4 Å². The summed E-state index contributed by atoms with van der Waals surface area (Å²) in [7, 11) is 0. The summed E-state index contributed by atoms with van der Waals surface area (Å²) in [6.45, 7) is 18.2. The second-order valence-electron chi connectivity index (χ2n) is 7.26. The smallest absolute Gasteiger partial charge is 0.0473 e. The third-order valence-electron chi connectivity index (χ3n) is 5.03. The molecule has 1 heterocycles. The molecule has 0 bridgehead atoms. The molecule has 3 heteroatoms. The molecule has 2 N–H and O–H groups in total. The van der Waals surface area contributed by atoms with Crippen LogP contribution in [0.2, 0.25) is 0 Å². The molecule has 120 valence electrons. The Morgan fingerprint density at radius 1 is 1.15 bits per heavy atom. The van der Waals surface area contributed by atoms with Crippen LogP contribution in [0, 0.1) is 5.92 Å². The van der Waals surface area contributed by atoms with E-state index in [1.54, 1.807) is 0 Å². The van der Waals surface area contributed by atoms with Gasteiger partial charge < -0.3 is 5.73 Å². The fraction of sp³-hybridized carbons (Fsp3) is 1.00. The molecule has 1 saturated heterocycles. The summed E-state index contributed by atoms with van der Waals surface area (Å²) < 4.78 is 0. The van der Waals surface area contributed by atoms with Crippen LogP contribution in [0.1, 0.15) is 60.8 Å². The van der Waals surface area contributed by atoms with Gasteiger partial charge in [-0.05, 0) is 39.0 Å². The van der Waals surface area contributed by atoms with Crippen molar-refractivity contribution in [3.05, 3.63) is 0 Å². The molecule has 1 unspecified atom stereocenters. The highest BCUT2D eigenvalue weighted by molar-refractivity contribution is 5.02. The summed E-state index contributed by atoms with van der Waals surface area (Å²) in [4.78, 5) is 5.36. The summed E-state index contributed by atoms with van der Waals surface area (Å²) in [5.74, 6) is 0.701. The molecular weight excluding hydrogens is 246 g/mol. The van der Waals surface area contributed by atoms with Crippen LogP contribution >= 0.6 is 0 Å². The first-order chi connectivity index (χ1) is 9.40. The summed E-state index contributed by atoms with van der Waals surface area (Å²) in [6.07, 6.45) is 3.68. The van der Waals surface area contributed by atoms with Crippen LogP contribution in [0.4, 0.5) is 0 Å². The minimum atomic E-state index is 0.200. The molecule has 0 aromatic heterocycles. The highest BCUT2D eigenvalue weighted by Gasteiger charge is 2.44. The number of nitrogens with two attached hydrogens (primary N) is 1. The van der Waals surface area contributed by atoms with Crippen molar-refractivity contribution in [2.24, 2.45) is 11.7 Å². The van der Waals surface area contributed by atoms with Crippen molar-refractivity contribution < 1.29 is 0 Å². The van der Waals surface area contributed by atoms with Gasteiger partial charge in [-0.25, -0.2) is 0 Å². The molecule has 0 radical (unpaired) electrons. The normalized spacial score (nSPS) is 24.8. The Kier molecular flexibility index (Phi) is 6.96. The SMILES string of the molecule is CCC(CC)N(CC(C)C)C1(CN)CCN(C(C)C)C1. The van der Waals surface area contributed by atoms with Gasteiger partial charge >= 0.3 is 0 Å². The zero-order valence-corrected chi connectivity index (χ0v) is 14.7. The van der Waals surface area contributed by atoms with Gasteiger partial charge in [-0.3, -0.25) is 9.80 Å². The first-order valence-corrected chi connectivity index (χ1v) is 8.61. The van der Waals surface area contributed by atoms with Gasteiger partial charge in [0.25, 0.3) is 0 Å². The average molecular weight is 284 g/mol. The number of hydrogen-bond acceptors (Lipinski definition) is 3. The van der Waals surface area contributed by atoms with Crippen molar-refractivity contribution in [3.63, 3.8) is 0 Å². The Balaban J connectivity index is 2.96. The minimum Gasteiger partial charge on any atom is -0.329 e. The van der Waals surface area contributed by atoms with E-state index in [-0.39, 0.29) is 5.54 Å². The fourth-order valence-corrected chi connectivity index (χ4v) is 3.70. The van der Waals surface area contributed by atoms with E-state index in [4.69, 9.17) is 5.73 Å². The second-order valence-corrected chi connectivity index (χ2v) is 7.26. The molecule has 0 amide bonds. The zero-order valence-electron chi connectivity index (χ0n) is 14.7. The van der Waals surface area contributed by atoms with Crippen LogP contribution < -0.4 is 5.73 Å². The Morgan fingerprint density at radius 3 is 2.10 bits per heavy atom. The summed E-state index contributed by atoms with van der Waals surface area (Å²) >= 11 is 0. The molecule has 0 aromatic carbocycles. The highest BCUT2D eigenvalue weighted by atomic mass is 15.3. The van der Waals surface area contributed by atoms with E-state index in [2.05, 4.69) is 51.3 Å². The third-order valence-corrected chi connectivity index (χ3v) is 5.03. The Morgan fingerprint density at radius 2 is 1.75 bits per heavy atom. The molecular formula is C17H37N3. The molecule has 0 saturated carbocycles. The van der Waals surface area contributed by atoms with Crippen LogP contribution in [0.3, 0.4) is 0 Å². The highest BCUT2D eigenvalue weighted by Crippen LogP contribution is 2.32. The van der Waals surface area contributed by atoms with Crippen molar-refractivity contribution in [2.75, 3.05) is 26.2 Å². The predicted octanol–water partition coefficient (Wildman–Crippen LogP) is 2.94. The van der Waals surface area contributed by atoms with Crippen LogP contribution in [-0.2, 0) is 0 Å².